The van der Waals surface area contributed by atoms with Crippen LogP contribution in [0, 0.1) is 5.41 Å². The second-order valence-electron chi connectivity index (χ2n) is 10.6. The number of benzene rings is 1. The molecule has 1 saturated carbocycles. The van der Waals surface area contributed by atoms with Crippen molar-refractivity contribution in [2.45, 2.75) is 31.3 Å². The molecule has 2 N–H and O–H groups in total. The molecule has 0 unspecified atom stereocenters. The number of ether oxygens (including phenoxy) is 2. The molecule has 8 rings (SSSR count). The molecular formula is C28H30N6O3S. The van der Waals surface area contributed by atoms with Gasteiger partial charge in [0.1, 0.15) is 5.60 Å². The van der Waals surface area contributed by atoms with Crippen molar-refractivity contribution in [3.8, 4) is 11.4 Å². The van der Waals surface area contributed by atoms with Gasteiger partial charge in [0.15, 0.2) is 11.6 Å². The van der Waals surface area contributed by atoms with Crippen LogP contribution < -0.4 is 10.2 Å². The van der Waals surface area contributed by atoms with Crippen molar-refractivity contribution in [3.05, 3.63) is 48.0 Å². The van der Waals surface area contributed by atoms with Crippen LogP contribution in [0.25, 0.3) is 32.5 Å². The highest BCUT2D eigenvalue weighted by Crippen LogP contribution is 2.55. The maximum absolute atomic E-state index is 11.8. The molecule has 196 valence electrons. The standard InChI is InChI=1S/C28H30N6O3S/c1-2-23(35)29-16-27-6-8-28(9-7-27,37-17-27)22-14-21-24(38-22)26(34-10-12-36-13-11-34)32-25(31-21)18-4-3-5-20-19(18)15-30-33-20/h2-5,14-15H,1,6-13,16-17H2,(H,29,35)(H,30,33). The molecule has 4 aliphatic rings. The van der Waals surface area contributed by atoms with Gasteiger partial charge >= 0.3 is 0 Å². The zero-order valence-electron chi connectivity index (χ0n) is 21.2. The van der Waals surface area contributed by atoms with Crippen LogP contribution in [0.4, 0.5) is 5.82 Å². The van der Waals surface area contributed by atoms with Gasteiger partial charge in [-0.1, -0.05) is 18.7 Å². The second kappa shape index (κ2) is 9.14. The minimum absolute atomic E-state index is 0.00626. The number of nitrogens with one attached hydrogen (secondary N) is 2. The second-order valence-corrected chi connectivity index (χ2v) is 11.7. The third-order valence-electron chi connectivity index (χ3n) is 8.44. The highest BCUT2D eigenvalue weighted by Gasteiger charge is 2.51. The zero-order chi connectivity index (χ0) is 25.7. The van der Waals surface area contributed by atoms with Crippen LogP contribution in [-0.2, 0) is 19.9 Å². The van der Waals surface area contributed by atoms with Gasteiger partial charge in [-0.05, 0) is 43.9 Å². The van der Waals surface area contributed by atoms with Crippen molar-refractivity contribution in [1.29, 1.82) is 0 Å². The van der Waals surface area contributed by atoms with E-state index < -0.39 is 0 Å². The van der Waals surface area contributed by atoms with Gasteiger partial charge in [-0.3, -0.25) is 9.89 Å². The van der Waals surface area contributed by atoms with Crippen molar-refractivity contribution < 1.29 is 14.3 Å². The summed E-state index contributed by atoms with van der Waals surface area (Å²) in [5, 5.41) is 11.3. The number of H-pyrrole nitrogens is 1. The van der Waals surface area contributed by atoms with Crippen molar-refractivity contribution in [2.75, 3.05) is 44.4 Å². The van der Waals surface area contributed by atoms with Crippen LogP contribution in [0.2, 0.25) is 0 Å². The lowest BCUT2D eigenvalue weighted by molar-refractivity contribution is -0.186. The summed E-state index contributed by atoms with van der Waals surface area (Å²) < 4.78 is 13.4. The Bertz CT molecular complexity index is 1510. The molecule has 0 radical (unpaired) electrons. The number of carbonyl (C=O) groups is 1. The van der Waals surface area contributed by atoms with Gasteiger partial charge in [0.05, 0.1) is 41.8 Å². The third kappa shape index (κ3) is 3.90. The topological polar surface area (TPSA) is 105 Å². The van der Waals surface area contributed by atoms with E-state index in [1.165, 1.54) is 11.0 Å². The Kier molecular flexibility index (Phi) is 5.72. The summed E-state index contributed by atoms with van der Waals surface area (Å²) in [5.41, 5.74) is 2.59. The molecule has 10 heteroatoms. The number of hydrogen-bond acceptors (Lipinski definition) is 8. The van der Waals surface area contributed by atoms with Gasteiger partial charge in [-0.15, -0.1) is 11.3 Å². The van der Waals surface area contributed by atoms with E-state index in [0.29, 0.717) is 32.2 Å². The molecule has 9 nitrogen and oxygen atoms in total. The number of hydrogen-bond donors (Lipinski definition) is 2. The summed E-state index contributed by atoms with van der Waals surface area (Å²) >= 11 is 1.77. The largest absolute Gasteiger partial charge is 0.378 e. The summed E-state index contributed by atoms with van der Waals surface area (Å²) in [6, 6.07) is 8.31. The minimum atomic E-state index is -0.303. The Balaban J connectivity index is 1.27. The Morgan fingerprint density at radius 3 is 2.82 bits per heavy atom. The third-order valence-corrected chi connectivity index (χ3v) is 9.74. The van der Waals surface area contributed by atoms with E-state index in [1.807, 2.05) is 18.3 Å². The molecule has 3 saturated heterocycles. The Morgan fingerprint density at radius 1 is 1.21 bits per heavy atom. The fourth-order valence-corrected chi connectivity index (χ4v) is 7.38. The van der Waals surface area contributed by atoms with Gasteiger partial charge < -0.3 is 19.7 Å². The smallest absolute Gasteiger partial charge is 0.243 e. The van der Waals surface area contributed by atoms with Crippen molar-refractivity contribution in [2.24, 2.45) is 5.41 Å². The Morgan fingerprint density at radius 2 is 2.05 bits per heavy atom. The molecule has 0 atom stereocenters. The van der Waals surface area contributed by atoms with Crippen LogP contribution in [0.3, 0.4) is 0 Å². The molecular weight excluding hydrogens is 500 g/mol. The average molecular weight is 531 g/mol. The van der Waals surface area contributed by atoms with E-state index in [4.69, 9.17) is 19.4 Å². The highest BCUT2D eigenvalue weighted by molar-refractivity contribution is 7.19. The zero-order valence-corrected chi connectivity index (χ0v) is 22.0. The molecule has 0 spiro atoms. The maximum Gasteiger partial charge on any atom is 0.243 e. The number of rotatable bonds is 6. The minimum Gasteiger partial charge on any atom is -0.378 e. The fraction of sp³-hybridized carbons (Fsp3) is 0.429. The predicted octanol–water partition coefficient (Wildman–Crippen LogP) is 4.16. The first-order chi connectivity index (χ1) is 18.6. The molecule has 4 aromatic rings. The van der Waals surface area contributed by atoms with Crippen molar-refractivity contribution in [1.82, 2.24) is 25.5 Å². The van der Waals surface area contributed by atoms with E-state index in [-0.39, 0.29) is 16.9 Å². The fourth-order valence-electron chi connectivity index (χ4n) is 6.07. The van der Waals surface area contributed by atoms with E-state index in [1.54, 1.807) is 11.3 Å². The molecule has 6 heterocycles. The van der Waals surface area contributed by atoms with Gasteiger partial charge in [-0.2, -0.15) is 5.10 Å². The monoisotopic (exact) mass is 530 g/mol. The number of amides is 1. The number of anilines is 1. The van der Waals surface area contributed by atoms with Gasteiger partial charge in [0, 0.05) is 40.9 Å². The SMILES string of the molecule is C=CC(=O)NCC12CCC(c3cc4nc(-c5cccc6[nH]ncc56)nc(N5CCOCC5)c4s3)(CC1)OC2. The van der Waals surface area contributed by atoms with E-state index >= 15 is 0 Å². The number of aromatic amines is 1. The lowest BCUT2D eigenvalue weighted by atomic mass is 9.65. The number of aromatic nitrogens is 4. The molecule has 1 aliphatic carbocycles. The first-order valence-corrected chi connectivity index (χ1v) is 14.0. The van der Waals surface area contributed by atoms with E-state index in [0.717, 1.165) is 71.3 Å². The first-order valence-electron chi connectivity index (χ1n) is 13.2. The highest BCUT2D eigenvalue weighted by atomic mass is 32.1. The molecule has 38 heavy (non-hydrogen) atoms. The normalized spacial score (nSPS) is 25.2. The number of morpholine rings is 1. The van der Waals surface area contributed by atoms with Crippen molar-refractivity contribution in [3.63, 3.8) is 0 Å². The van der Waals surface area contributed by atoms with Crippen LogP contribution in [0.15, 0.2) is 43.1 Å². The lowest BCUT2D eigenvalue weighted by Crippen LogP contribution is -2.53. The maximum atomic E-state index is 11.8. The van der Waals surface area contributed by atoms with Crippen LogP contribution >= 0.6 is 11.3 Å². The van der Waals surface area contributed by atoms with Gasteiger partial charge in [0.25, 0.3) is 0 Å². The molecule has 4 fully saturated rings. The number of carbonyl (C=O) groups excluding carboxylic acids is 1. The summed E-state index contributed by atoms with van der Waals surface area (Å²) in [6.07, 6.45) is 7.09. The summed E-state index contributed by atoms with van der Waals surface area (Å²) in [7, 11) is 0. The molecule has 1 aromatic carbocycles. The van der Waals surface area contributed by atoms with Gasteiger partial charge in [0.2, 0.25) is 5.91 Å². The number of nitrogens with zero attached hydrogens (tertiary/aromatic N) is 4. The summed E-state index contributed by atoms with van der Waals surface area (Å²) in [5.74, 6) is 1.55. The number of thiophene rings is 1. The van der Waals surface area contributed by atoms with Gasteiger partial charge in [-0.25, -0.2) is 9.97 Å². The van der Waals surface area contributed by atoms with E-state index in [2.05, 4.69) is 39.1 Å². The summed E-state index contributed by atoms with van der Waals surface area (Å²) in [4.78, 5) is 25.5. The molecule has 3 aliphatic heterocycles. The Labute approximate surface area is 224 Å². The van der Waals surface area contributed by atoms with Crippen molar-refractivity contribution >= 4 is 44.2 Å². The van der Waals surface area contributed by atoms with Crippen LogP contribution in [0.5, 0.6) is 0 Å². The number of fused-ring (bicyclic) bond motifs is 5. The molecule has 1 amide bonds. The lowest BCUT2D eigenvalue weighted by Gasteiger charge is -2.52. The molecule has 3 aromatic heterocycles. The predicted molar refractivity (Wildman–Crippen MR) is 147 cm³/mol. The average Bonchev–Trinajstić information content (AvgIpc) is 3.65. The first kappa shape index (κ1) is 23.8. The van der Waals surface area contributed by atoms with Crippen LogP contribution in [0.1, 0.15) is 30.6 Å². The molecule has 2 bridgehead atoms. The van der Waals surface area contributed by atoms with Crippen LogP contribution in [-0.4, -0.2) is 65.5 Å². The quantitative estimate of drug-likeness (QED) is 0.361. The van der Waals surface area contributed by atoms with E-state index in [9.17, 15) is 4.79 Å². The Hall–Kier alpha value is -3.34. The summed E-state index contributed by atoms with van der Waals surface area (Å²) in [6.45, 7) is 7.83.